The number of H-pyrrole nitrogens is 1. The average molecular weight is 344 g/mol. The van der Waals surface area contributed by atoms with Crippen LogP contribution in [0.15, 0.2) is 41.3 Å². The zero-order valence-corrected chi connectivity index (χ0v) is 13.8. The van der Waals surface area contributed by atoms with Crippen LogP contribution < -0.4 is 10.5 Å². The van der Waals surface area contributed by atoms with Gasteiger partial charge in [0.05, 0.1) is 24.5 Å². The average Bonchev–Trinajstić information content (AvgIpc) is 3.00. The van der Waals surface area contributed by atoms with E-state index in [2.05, 4.69) is 10.1 Å². The number of anilines is 1. The first-order valence-corrected chi connectivity index (χ1v) is 7.74. The minimum Gasteiger partial charge on any atom is -0.462 e. The number of hydrogen-bond acceptors (Lipinski definition) is 5. The molecule has 8 heteroatoms. The molecular weight excluding hydrogens is 327 g/mol. The number of halogens is 1. The second kappa shape index (κ2) is 6.76. The van der Waals surface area contributed by atoms with Gasteiger partial charge in [0, 0.05) is 19.3 Å². The maximum absolute atomic E-state index is 13.9. The number of aromatic nitrogens is 3. The second-order valence-corrected chi connectivity index (χ2v) is 5.46. The number of nitrogens with one attached hydrogen (secondary N) is 1. The molecule has 1 N–H and O–H groups in total. The normalized spacial score (nSPS) is 10.8. The second-order valence-electron chi connectivity index (χ2n) is 5.46. The van der Waals surface area contributed by atoms with Crippen molar-refractivity contribution < 1.29 is 13.9 Å². The van der Waals surface area contributed by atoms with Crippen LogP contribution in [0.2, 0.25) is 0 Å². The van der Waals surface area contributed by atoms with E-state index in [4.69, 9.17) is 4.74 Å². The summed E-state index contributed by atoms with van der Waals surface area (Å²) in [5.41, 5.74) is 0.805. The van der Waals surface area contributed by atoms with Crippen LogP contribution in [-0.4, -0.2) is 34.2 Å². The molecule has 25 heavy (non-hydrogen) atoms. The van der Waals surface area contributed by atoms with E-state index in [1.165, 1.54) is 22.8 Å². The molecule has 0 aliphatic heterocycles. The van der Waals surface area contributed by atoms with E-state index < -0.39 is 5.97 Å². The number of carbonyl (C=O) groups excluding carboxylic acids is 1. The first kappa shape index (κ1) is 16.7. The predicted molar refractivity (Wildman–Crippen MR) is 90.3 cm³/mol. The fraction of sp³-hybridized carbons (Fsp3) is 0.235. The van der Waals surface area contributed by atoms with Crippen LogP contribution in [0.4, 0.5) is 10.1 Å². The lowest BCUT2D eigenvalue weighted by atomic mass is 10.2. The molecule has 3 aromatic rings. The molecular formula is C17H17FN4O3. The third kappa shape index (κ3) is 3.23. The molecule has 3 rings (SSSR count). The summed E-state index contributed by atoms with van der Waals surface area (Å²) < 4.78 is 20.0. The molecule has 0 aliphatic carbocycles. The van der Waals surface area contributed by atoms with E-state index in [1.54, 1.807) is 37.1 Å². The Morgan fingerprint density at radius 2 is 2.16 bits per heavy atom. The Balaban J connectivity index is 1.97. The van der Waals surface area contributed by atoms with Gasteiger partial charge in [0.15, 0.2) is 5.65 Å². The number of benzene rings is 1. The molecule has 0 bridgehead atoms. The monoisotopic (exact) mass is 344 g/mol. The molecule has 0 spiro atoms. The molecule has 0 fully saturated rings. The summed E-state index contributed by atoms with van der Waals surface area (Å²) in [5, 5.41) is 2.68. The molecule has 0 amide bonds. The van der Waals surface area contributed by atoms with Crippen molar-refractivity contribution in [1.82, 2.24) is 14.6 Å². The summed E-state index contributed by atoms with van der Waals surface area (Å²) in [5.74, 6) is -0.926. The third-order valence-corrected chi connectivity index (χ3v) is 3.71. The highest BCUT2D eigenvalue weighted by atomic mass is 19.1. The number of para-hydroxylation sites is 1. The van der Waals surface area contributed by atoms with Crippen molar-refractivity contribution in [3.8, 4) is 0 Å². The van der Waals surface area contributed by atoms with E-state index in [-0.39, 0.29) is 35.7 Å². The summed E-state index contributed by atoms with van der Waals surface area (Å²) in [6, 6.07) is 7.68. The number of hydrogen-bond donors (Lipinski definition) is 1. The van der Waals surface area contributed by atoms with E-state index in [1.807, 2.05) is 0 Å². The van der Waals surface area contributed by atoms with Crippen molar-refractivity contribution in [1.29, 1.82) is 0 Å². The number of carbonyl (C=O) groups is 1. The van der Waals surface area contributed by atoms with Gasteiger partial charge in [-0.3, -0.25) is 9.89 Å². The Labute approximate surface area is 142 Å². The quantitative estimate of drug-likeness (QED) is 0.716. The predicted octanol–water partition coefficient (Wildman–Crippen LogP) is 1.97. The van der Waals surface area contributed by atoms with Crippen LogP contribution in [-0.2, 0) is 11.3 Å². The van der Waals surface area contributed by atoms with Crippen molar-refractivity contribution in [2.45, 2.75) is 13.5 Å². The molecule has 1 aromatic carbocycles. The highest BCUT2D eigenvalue weighted by molar-refractivity contribution is 5.95. The number of fused-ring (bicyclic) bond motifs is 1. The van der Waals surface area contributed by atoms with Crippen LogP contribution in [0.5, 0.6) is 0 Å². The molecule has 0 radical (unpaired) electrons. The van der Waals surface area contributed by atoms with Gasteiger partial charge in [-0.2, -0.15) is 0 Å². The smallest absolute Gasteiger partial charge is 0.343 e. The van der Waals surface area contributed by atoms with E-state index in [9.17, 15) is 14.0 Å². The number of ether oxygens (including phenoxy) is 1. The van der Waals surface area contributed by atoms with E-state index in [0.29, 0.717) is 11.4 Å². The number of aromatic amines is 1. The molecule has 0 saturated carbocycles. The summed E-state index contributed by atoms with van der Waals surface area (Å²) in [6.07, 6.45) is 1.38. The van der Waals surface area contributed by atoms with Crippen LogP contribution >= 0.6 is 0 Å². The first-order valence-electron chi connectivity index (χ1n) is 7.74. The van der Waals surface area contributed by atoms with Crippen LogP contribution in [0.25, 0.3) is 5.65 Å². The molecule has 0 aliphatic rings. The molecule has 0 unspecified atom stereocenters. The Kier molecular flexibility index (Phi) is 4.51. The maximum Gasteiger partial charge on any atom is 0.343 e. The van der Waals surface area contributed by atoms with Gasteiger partial charge in [-0.1, -0.05) is 12.1 Å². The van der Waals surface area contributed by atoms with Gasteiger partial charge >= 0.3 is 5.97 Å². The molecule has 0 saturated heterocycles. The van der Waals surface area contributed by atoms with Gasteiger partial charge in [0.2, 0.25) is 0 Å². The highest BCUT2D eigenvalue weighted by Gasteiger charge is 2.17. The summed E-state index contributed by atoms with van der Waals surface area (Å²) >= 11 is 0. The van der Waals surface area contributed by atoms with Crippen molar-refractivity contribution in [2.24, 2.45) is 0 Å². The Bertz CT molecular complexity index is 979. The summed E-state index contributed by atoms with van der Waals surface area (Å²) in [6.45, 7) is 2.12. The number of esters is 1. The van der Waals surface area contributed by atoms with E-state index >= 15 is 0 Å². The lowest BCUT2D eigenvalue weighted by Gasteiger charge is -2.19. The number of nitrogens with zero attached hydrogens (tertiary/aromatic N) is 3. The molecule has 130 valence electrons. The van der Waals surface area contributed by atoms with Crippen LogP contribution in [0.1, 0.15) is 23.0 Å². The van der Waals surface area contributed by atoms with Gasteiger partial charge < -0.3 is 9.64 Å². The van der Waals surface area contributed by atoms with Crippen LogP contribution in [0, 0.1) is 5.82 Å². The summed E-state index contributed by atoms with van der Waals surface area (Å²) in [4.78, 5) is 30.2. The van der Waals surface area contributed by atoms with Gasteiger partial charge in [0.1, 0.15) is 11.4 Å². The van der Waals surface area contributed by atoms with E-state index in [0.717, 1.165) is 0 Å². The highest BCUT2D eigenvalue weighted by Crippen LogP contribution is 2.19. The largest absolute Gasteiger partial charge is 0.462 e. The van der Waals surface area contributed by atoms with Gasteiger partial charge in [-0.25, -0.2) is 18.7 Å². The molecule has 0 atom stereocenters. The minimum absolute atomic E-state index is 0.175. The third-order valence-electron chi connectivity index (χ3n) is 3.71. The van der Waals surface area contributed by atoms with Gasteiger partial charge in [-0.15, -0.1) is 0 Å². The fourth-order valence-electron chi connectivity index (χ4n) is 2.56. The van der Waals surface area contributed by atoms with Gasteiger partial charge in [-0.05, 0) is 19.1 Å². The number of rotatable bonds is 5. The lowest BCUT2D eigenvalue weighted by Crippen LogP contribution is -2.22. The Morgan fingerprint density at radius 1 is 1.40 bits per heavy atom. The van der Waals surface area contributed by atoms with Crippen molar-refractivity contribution in [2.75, 3.05) is 18.6 Å². The molecule has 2 heterocycles. The topological polar surface area (TPSA) is 79.7 Å². The first-order chi connectivity index (χ1) is 12.0. The fourth-order valence-corrected chi connectivity index (χ4v) is 2.56. The summed E-state index contributed by atoms with van der Waals surface area (Å²) in [7, 11) is 1.70. The van der Waals surface area contributed by atoms with Crippen LogP contribution in [0.3, 0.4) is 0 Å². The standard InChI is InChI=1S/C17H17FN4O3/c1-3-25-17(24)12-9-19-22-15(23)8-11(20-16(12)22)10-21(2)14-7-5-4-6-13(14)18/h4-9,19H,3,10H2,1-2H3. The van der Waals surface area contributed by atoms with Crippen molar-refractivity contribution in [3.63, 3.8) is 0 Å². The van der Waals surface area contributed by atoms with Crippen molar-refractivity contribution >= 4 is 17.3 Å². The molecule has 2 aromatic heterocycles. The van der Waals surface area contributed by atoms with Crippen molar-refractivity contribution in [3.05, 3.63) is 64.0 Å². The maximum atomic E-state index is 13.9. The lowest BCUT2D eigenvalue weighted by molar-refractivity contribution is 0.0528. The SMILES string of the molecule is CCOC(=O)c1c[nH]n2c(=O)cc(CN(C)c3ccccc3F)nc12. The zero-order valence-electron chi connectivity index (χ0n) is 13.8. The van der Waals surface area contributed by atoms with Gasteiger partial charge in [0.25, 0.3) is 5.56 Å². The minimum atomic E-state index is -0.562. The Hall–Kier alpha value is -3.16. The zero-order chi connectivity index (χ0) is 18.0. The Morgan fingerprint density at radius 3 is 2.88 bits per heavy atom. The molecule has 7 nitrogen and oxygen atoms in total.